The van der Waals surface area contributed by atoms with Gasteiger partial charge < -0.3 is 14.8 Å². The predicted molar refractivity (Wildman–Crippen MR) is 104 cm³/mol. The molecule has 1 heterocycles. The number of aryl methyl sites for hydroxylation is 1. The molecule has 0 aliphatic carbocycles. The second kappa shape index (κ2) is 8.73. The number of aromatic nitrogens is 2. The molecule has 7 nitrogen and oxygen atoms in total. The number of carbonyl (C=O) groups is 2. The van der Waals surface area contributed by atoms with Crippen LogP contribution in [0.4, 0.5) is 13.6 Å². The van der Waals surface area contributed by atoms with Gasteiger partial charge in [-0.1, -0.05) is 12.1 Å². The van der Waals surface area contributed by atoms with E-state index in [2.05, 4.69) is 19.9 Å². The summed E-state index contributed by atoms with van der Waals surface area (Å²) >= 11 is 0. The number of nitrogens with one attached hydrogen (secondary N) is 1. The number of hydrogen-bond acceptors (Lipinski definition) is 5. The summed E-state index contributed by atoms with van der Waals surface area (Å²) in [5.74, 6) is -2.73. The van der Waals surface area contributed by atoms with Gasteiger partial charge in [0.1, 0.15) is 5.69 Å². The molecule has 0 unspecified atom stereocenters. The number of methoxy groups -OCH3 is 2. The number of halogens is 2. The van der Waals surface area contributed by atoms with E-state index in [1.807, 2.05) is 25.1 Å². The van der Waals surface area contributed by atoms with Crippen molar-refractivity contribution in [3.05, 3.63) is 70.9 Å². The molecule has 0 bridgehead atoms. The summed E-state index contributed by atoms with van der Waals surface area (Å²) in [6.07, 6.45) is 0.867. The van der Waals surface area contributed by atoms with Gasteiger partial charge in [-0.05, 0) is 42.3 Å². The Morgan fingerprint density at radius 2 is 1.77 bits per heavy atom. The summed E-state index contributed by atoms with van der Waals surface area (Å²) in [5, 5.41) is 6.87. The molecule has 30 heavy (non-hydrogen) atoms. The lowest BCUT2D eigenvalue weighted by Gasteiger charge is -2.09. The lowest BCUT2D eigenvalue weighted by atomic mass is 10.0. The van der Waals surface area contributed by atoms with Crippen LogP contribution in [0.25, 0.3) is 16.9 Å². The molecule has 156 valence electrons. The Hall–Kier alpha value is -3.75. The van der Waals surface area contributed by atoms with Crippen LogP contribution >= 0.6 is 0 Å². The summed E-state index contributed by atoms with van der Waals surface area (Å²) in [6.45, 7) is 2.15. The number of benzene rings is 2. The topological polar surface area (TPSA) is 82.5 Å². The quantitative estimate of drug-likeness (QED) is 0.642. The minimum absolute atomic E-state index is 0.232. The second-order valence-corrected chi connectivity index (χ2v) is 6.41. The zero-order valence-electron chi connectivity index (χ0n) is 16.5. The number of rotatable bonds is 5. The largest absolute Gasteiger partial charge is 0.465 e. The van der Waals surface area contributed by atoms with E-state index in [1.165, 1.54) is 13.3 Å². The number of nitrogens with zero attached hydrogens (tertiary/aromatic N) is 2. The van der Waals surface area contributed by atoms with Crippen LogP contribution in [-0.2, 0) is 16.0 Å². The SMILES string of the molecule is COC(=O)NCc1cc(-c2ccn(-c3c(F)cc(C(=O)OC)cc3F)n2)ccc1C. The highest BCUT2D eigenvalue weighted by Crippen LogP contribution is 2.25. The standard InChI is InChI=1S/C21H19F2N3O4/c1-12-4-5-13(8-15(12)11-24-21(28)30-3)18-6-7-26(25-18)19-16(22)9-14(10-17(19)23)20(27)29-2/h4-10H,11H2,1-3H3,(H,24,28). The maximum Gasteiger partial charge on any atom is 0.407 e. The van der Waals surface area contributed by atoms with Crippen molar-refractivity contribution >= 4 is 12.1 Å². The molecule has 1 N–H and O–H groups in total. The molecule has 0 atom stereocenters. The van der Waals surface area contributed by atoms with Crippen molar-refractivity contribution in [2.24, 2.45) is 0 Å². The first-order chi connectivity index (χ1) is 14.3. The third-order valence-corrected chi connectivity index (χ3v) is 4.51. The van der Waals surface area contributed by atoms with Crippen LogP contribution in [0.5, 0.6) is 0 Å². The van der Waals surface area contributed by atoms with E-state index in [9.17, 15) is 18.4 Å². The van der Waals surface area contributed by atoms with Gasteiger partial charge in [-0.3, -0.25) is 0 Å². The number of hydrogen-bond donors (Lipinski definition) is 1. The average Bonchev–Trinajstić information content (AvgIpc) is 3.21. The summed E-state index contributed by atoms with van der Waals surface area (Å²) in [4.78, 5) is 22.8. The third kappa shape index (κ3) is 4.29. The maximum atomic E-state index is 14.5. The fourth-order valence-electron chi connectivity index (χ4n) is 2.88. The van der Waals surface area contributed by atoms with E-state index in [1.54, 1.807) is 6.07 Å². The van der Waals surface area contributed by atoms with Crippen molar-refractivity contribution in [3.63, 3.8) is 0 Å². The Morgan fingerprint density at radius 1 is 1.07 bits per heavy atom. The van der Waals surface area contributed by atoms with E-state index < -0.39 is 29.4 Å². The molecule has 0 saturated heterocycles. The van der Waals surface area contributed by atoms with Gasteiger partial charge in [0.05, 0.1) is 25.5 Å². The van der Waals surface area contributed by atoms with E-state index >= 15 is 0 Å². The van der Waals surface area contributed by atoms with Crippen molar-refractivity contribution in [3.8, 4) is 16.9 Å². The summed E-state index contributed by atoms with van der Waals surface area (Å²) in [6, 6.07) is 8.90. The number of esters is 1. The number of amides is 1. The van der Waals surface area contributed by atoms with Gasteiger partial charge in [0.2, 0.25) is 0 Å². The first-order valence-corrected chi connectivity index (χ1v) is 8.89. The van der Waals surface area contributed by atoms with Crippen molar-refractivity contribution in [1.82, 2.24) is 15.1 Å². The molecule has 0 aliphatic rings. The lowest BCUT2D eigenvalue weighted by molar-refractivity contribution is 0.0599. The van der Waals surface area contributed by atoms with E-state index in [0.717, 1.165) is 35.1 Å². The van der Waals surface area contributed by atoms with Crippen LogP contribution in [0.2, 0.25) is 0 Å². The fraction of sp³-hybridized carbons (Fsp3) is 0.190. The molecular formula is C21H19F2N3O4. The van der Waals surface area contributed by atoms with Gasteiger partial charge in [0.15, 0.2) is 11.6 Å². The molecule has 0 radical (unpaired) electrons. The maximum absolute atomic E-state index is 14.5. The molecule has 0 spiro atoms. The fourth-order valence-corrected chi connectivity index (χ4v) is 2.88. The van der Waals surface area contributed by atoms with Gasteiger partial charge >= 0.3 is 12.1 Å². The highest BCUT2D eigenvalue weighted by Gasteiger charge is 2.18. The molecule has 0 fully saturated rings. The van der Waals surface area contributed by atoms with E-state index in [4.69, 9.17) is 0 Å². The van der Waals surface area contributed by atoms with E-state index in [-0.39, 0.29) is 12.1 Å². The monoisotopic (exact) mass is 415 g/mol. The minimum atomic E-state index is -0.947. The normalized spacial score (nSPS) is 10.6. The van der Waals surface area contributed by atoms with Gasteiger partial charge in [-0.2, -0.15) is 5.10 Å². The third-order valence-electron chi connectivity index (χ3n) is 4.51. The highest BCUT2D eigenvalue weighted by atomic mass is 19.1. The van der Waals surface area contributed by atoms with Crippen LogP contribution in [0.3, 0.4) is 0 Å². The molecule has 0 saturated carbocycles. The zero-order chi connectivity index (χ0) is 21.8. The molecule has 3 rings (SSSR count). The van der Waals surface area contributed by atoms with Gasteiger partial charge in [0.25, 0.3) is 0 Å². The van der Waals surface area contributed by atoms with E-state index in [0.29, 0.717) is 11.3 Å². The van der Waals surface area contributed by atoms with Crippen molar-refractivity contribution in [1.29, 1.82) is 0 Å². The van der Waals surface area contributed by atoms with Crippen LogP contribution < -0.4 is 5.32 Å². The molecule has 1 aromatic heterocycles. The van der Waals surface area contributed by atoms with Crippen LogP contribution in [0.15, 0.2) is 42.6 Å². The van der Waals surface area contributed by atoms with Gasteiger partial charge in [-0.15, -0.1) is 0 Å². The number of carbonyl (C=O) groups excluding carboxylic acids is 2. The summed E-state index contributed by atoms with van der Waals surface area (Å²) in [5.41, 5.74) is 2.33. The first kappa shape index (κ1) is 21.0. The number of alkyl carbamates (subject to hydrolysis) is 1. The molecule has 0 aliphatic heterocycles. The average molecular weight is 415 g/mol. The zero-order valence-corrected chi connectivity index (χ0v) is 16.5. The van der Waals surface area contributed by atoms with Crippen molar-refractivity contribution in [2.75, 3.05) is 14.2 Å². The Kier molecular flexibility index (Phi) is 6.10. The Balaban J connectivity index is 1.92. The molecule has 2 aromatic carbocycles. The number of ether oxygens (including phenoxy) is 2. The van der Waals surface area contributed by atoms with Crippen molar-refractivity contribution < 1.29 is 27.8 Å². The van der Waals surface area contributed by atoms with Crippen LogP contribution in [0.1, 0.15) is 21.5 Å². The molecule has 9 heteroatoms. The smallest absolute Gasteiger partial charge is 0.407 e. The van der Waals surface area contributed by atoms with Gasteiger partial charge in [-0.25, -0.2) is 23.1 Å². The van der Waals surface area contributed by atoms with Crippen LogP contribution in [-0.4, -0.2) is 36.1 Å². The minimum Gasteiger partial charge on any atom is -0.465 e. The molecular weight excluding hydrogens is 396 g/mol. The summed E-state index contributed by atoms with van der Waals surface area (Å²) < 4.78 is 39.1. The molecule has 1 amide bonds. The second-order valence-electron chi connectivity index (χ2n) is 6.41. The Bertz CT molecular complexity index is 1090. The van der Waals surface area contributed by atoms with Crippen LogP contribution in [0, 0.1) is 18.6 Å². The van der Waals surface area contributed by atoms with Crippen molar-refractivity contribution in [2.45, 2.75) is 13.5 Å². The van der Waals surface area contributed by atoms with Gasteiger partial charge in [0, 0.05) is 18.3 Å². The first-order valence-electron chi connectivity index (χ1n) is 8.89. The highest BCUT2D eigenvalue weighted by molar-refractivity contribution is 5.89. The summed E-state index contributed by atoms with van der Waals surface area (Å²) in [7, 11) is 2.41. The molecule has 3 aromatic rings. The Morgan fingerprint density at radius 3 is 2.40 bits per heavy atom. The lowest BCUT2D eigenvalue weighted by Crippen LogP contribution is -2.22. The predicted octanol–water partition coefficient (Wildman–Crippen LogP) is 3.77. The Labute approximate surface area is 171 Å².